The molecule has 1 aromatic heterocycles. The Morgan fingerprint density at radius 3 is 1.35 bits per heavy atom. The average molecular weight is 613 g/mol. The summed E-state index contributed by atoms with van der Waals surface area (Å²) in [6.07, 6.45) is 0. The molecule has 226 valence electrons. The van der Waals surface area contributed by atoms with E-state index >= 15 is 0 Å². The Balaban J connectivity index is 1.17. The van der Waals surface area contributed by atoms with Crippen LogP contribution in [0.3, 0.4) is 0 Å². The molecule has 0 radical (unpaired) electrons. The Hall–Kier alpha value is -6.38. The highest BCUT2D eigenvalue weighted by Crippen LogP contribution is 2.40. The van der Waals surface area contributed by atoms with Crippen LogP contribution in [0.15, 0.2) is 194 Å². The molecule has 0 aliphatic rings. The molecule has 0 atom stereocenters. The first kappa shape index (κ1) is 27.9. The summed E-state index contributed by atoms with van der Waals surface area (Å²) in [4.78, 5) is 2.34. The van der Waals surface area contributed by atoms with Crippen LogP contribution in [0.25, 0.3) is 60.5 Å². The van der Waals surface area contributed by atoms with Gasteiger partial charge < -0.3 is 9.47 Å². The van der Waals surface area contributed by atoms with E-state index in [1.807, 2.05) is 0 Å². The van der Waals surface area contributed by atoms with Crippen molar-refractivity contribution < 1.29 is 0 Å². The van der Waals surface area contributed by atoms with Gasteiger partial charge >= 0.3 is 0 Å². The molecule has 48 heavy (non-hydrogen) atoms. The van der Waals surface area contributed by atoms with Crippen LogP contribution in [0.4, 0.5) is 17.1 Å². The van der Waals surface area contributed by atoms with Crippen LogP contribution in [0.5, 0.6) is 0 Å². The molecular weight excluding hydrogens is 581 g/mol. The summed E-state index contributed by atoms with van der Waals surface area (Å²) in [5, 5.41) is 5.04. The number of aromatic nitrogens is 1. The predicted octanol–water partition coefficient (Wildman–Crippen LogP) is 12.7. The fraction of sp³-hybridized carbons (Fsp3) is 0. The van der Waals surface area contributed by atoms with E-state index < -0.39 is 0 Å². The third-order valence-corrected chi connectivity index (χ3v) is 9.39. The largest absolute Gasteiger partial charge is 0.311 e. The van der Waals surface area contributed by atoms with Gasteiger partial charge in [0.15, 0.2) is 0 Å². The third-order valence-electron chi connectivity index (χ3n) is 9.39. The fourth-order valence-corrected chi connectivity index (χ4v) is 7.06. The zero-order valence-electron chi connectivity index (χ0n) is 26.4. The van der Waals surface area contributed by atoms with E-state index in [1.165, 1.54) is 54.8 Å². The monoisotopic (exact) mass is 612 g/mol. The SMILES string of the molecule is c1ccc(-c2ccc(N(c3ccc(-c4ccccc4)cc3)c3ccc(-n4c5ccccc5c5ccc6ccccc6c54)cc3)cc2)cc1. The minimum atomic E-state index is 1.10. The lowest BCUT2D eigenvalue weighted by atomic mass is 10.0. The number of anilines is 3. The number of fused-ring (bicyclic) bond motifs is 5. The minimum Gasteiger partial charge on any atom is -0.311 e. The molecule has 9 rings (SSSR count). The lowest BCUT2D eigenvalue weighted by Crippen LogP contribution is -2.10. The second kappa shape index (κ2) is 11.8. The summed E-state index contributed by atoms with van der Waals surface area (Å²) in [5.74, 6) is 0. The lowest BCUT2D eigenvalue weighted by Gasteiger charge is -2.26. The Morgan fingerprint density at radius 1 is 0.312 bits per heavy atom. The van der Waals surface area contributed by atoms with Crippen LogP contribution >= 0.6 is 0 Å². The number of hydrogen-bond donors (Lipinski definition) is 0. The normalized spacial score (nSPS) is 11.3. The summed E-state index contributed by atoms with van der Waals surface area (Å²) in [7, 11) is 0. The van der Waals surface area contributed by atoms with E-state index in [0.29, 0.717) is 0 Å². The van der Waals surface area contributed by atoms with Gasteiger partial charge in [-0.3, -0.25) is 0 Å². The topological polar surface area (TPSA) is 8.17 Å². The Kier molecular flexibility index (Phi) is 6.84. The second-order valence-corrected chi connectivity index (χ2v) is 12.2. The van der Waals surface area contributed by atoms with Gasteiger partial charge in [-0.2, -0.15) is 0 Å². The van der Waals surface area contributed by atoms with Crippen molar-refractivity contribution in [1.29, 1.82) is 0 Å². The van der Waals surface area contributed by atoms with Crippen molar-refractivity contribution in [3.63, 3.8) is 0 Å². The fourth-order valence-electron chi connectivity index (χ4n) is 7.06. The quantitative estimate of drug-likeness (QED) is 0.181. The standard InChI is InChI=1S/C46H32N2/c1-3-11-33(12-4-1)35-19-24-38(25-20-35)47(39-26-21-36(22-27-39)34-13-5-2-6-14-34)40-28-30-41(31-29-40)48-45-18-10-9-17-43(45)44-32-23-37-15-7-8-16-42(37)46(44)48/h1-32H. The molecule has 0 saturated carbocycles. The summed E-state index contributed by atoms with van der Waals surface area (Å²) in [5.41, 5.74) is 11.7. The van der Waals surface area contributed by atoms with Crippen molar-refractivity contribution in [1.82, 2.24) is 4.57 Å². The Bertz CT molecular complexity index is 2430. The van der Waals surface area contributed by atoms with Gasteiger partial charge in [0.2, 0.25) is 0 Å². The average Bonchev–Trinajstić information content (AvgIpc) is 3.51. The van der Waals surface area contributed by atoms with E-state index in [2.05, 4.69) is 204 Å². The summed E-state index contributed by atoms with van der Waals surface area (Å²) in [6.45, 7) is 0. The van der Waals surface area contributed by atoms with Gasteiger partial charge in [-0.1, -0.05) is 140 Å². The number of hydrogen-bond acceptors (Lipinski definition) is 1. The van der Waals surface area contributed by atoms with Crippen molar-refractivity contribution in [3.05, 3.63) is 194 Å². The number of rotatable bonds is 6. The maximum atomic E-state index is 2.42. The van der Waals surface area contributed by atoms with E-state index in [0.717, 1.165) is 22.7 Å². The van der Waals surface area contributed by atoms with Crippen LogP contribution < -0.4 is 4.90 Å². The van der Waals surface area contributed by atoms with E-state index in [1.54, 1.807) is 0 Å². The zero-order chi connectivity index (χ0) is 31.9. The van der Waals surface area contributed by atoms with Crippen molar-refractivity contribution >= 4 is 49.6 Å². The molecule has 0 saturated heterocycles. The molecular formula is C46H32N2. The summed E-state index contributed by atoms with van der Waals surface area (Å²) >= 11 is 0. The third kappa shape index (κ3) is 4.83. The second-order valence-electron chi connectivity index (χ2n) is 12.2. The lowest BCUT2D eigenvalue weighted by molar-refractivity contribution is 1.18. The van der Waals surface area contributed by atoms with Crippen LogP contribution in [0.2, 0.25) is 0 Å². The highest BCUT2D eigenvalue weighted by atomic mass is 15.1. The van der Waals surface area contributed by atoms with Gasteiger partial charge in [0.25, 0.3) is 0 Å². The van der Waals surface area contributed by atoms with Crippen molar-refractivity contribution in [2.75, 3.05) is 4.90 Å². The number of para-hydroxylation sites is 1. The van der Waals surface area contributed by atoms with Crippen molar-refractivity contribution in [2.45, 2.75) is 0 Å². The van der Waals surface area contributed by atoms with E-state index in [9.17, 15) is 0 Å². The molecule has 0 N–H and O–H groups in total. The number of benzene rings is 8. The molecule has 2 nitrogen and oxygen atoms in total. The van der Waals surface area contributed by atoms with Gasteiger partial charge in [-0.05, 0) is 82.2 Å². The van der Waals surface area contributed by atoms with Crippen LogP contribution in [-0.2, 0) is 0 Å². The van der Waals surface area contributed by atoms with Gasteiger partial charge in [0, 0.05) is 38.9 Å². The van der Waals surface area contributed by atoms with Crippen molar-refractivity contribution in [2.24, 2.45) is 0 Å². The maximum absolute atomic E-state index is 2.42. The first-order chi connectivity index (χ1) is 23.8. The van der Waals surface area contributed by atoms with Crippen LogP contribution in [-0.4, -0.2) is 4.57 Å². The molecule has 0 fully saturated rings. The molecule has 0 aliphatic heterocycles. The Morgan fingerprint density at radius 2 is 0.771 bits per heavy atom. The van der Waals surface area contributed by atoms with E-state index in [-0.39, 0.29) is 0 Å². The molecule has 9 aromatic rings. The summed E-state index contributed by atoms with van der Waals surface area (Å²) < 4.78 is 2.42. The summed E-state index contributed by atoms with van der Waals surface area (Å²) in [6, 6.07) is 69.8. The Labute approximate surface area is 280 Å². The van der Waals surface area contributed by atoms with Crippen LogP contribution in [0, 0.1) is 0 Å². The van der Waals surface area contributed by atoms with Crippen LogP contribution in [0.1, 0.15) is 0 Å². The van der Waals surface area contributed by atoms with Gasteiger partial charge in [-0.15, -0.1) is 0 Å². The highest BCUT2D eigenvalue weighted by molar-refractivity contribution is 6.18. The van der Waals surface area contributed by atoms with Gasteiger partial charge in [-0.25, -0.2) is 0 Å². The molecule has 0 spiro atoms. The molecule has 0 unspecified atom stereocenters. The zero-order valence-corrected chi connectivity index (χ0v) is 26.4. The molecule has 0 amide bonds. The molecule has 0 aliphatic carbocycles. The minimum absolute atomic E-state index is 1.10. The molecule has 1 heterocycles. The van der Waals surface area contributed by atoms with E-state index in [4.69, 9.17) is 0 Å². The molecule has 0 bridgehead atoms. The smallest absolute Gasteiger partial charge is 0.0619 e. The predicted molar refractivity (Wildman–Crippen MR) is 204 cm³/mol. The van der Waals surface area contributed by atoms with Gasteiger partial charge in [0.05, 0.1) is 11.0 Å². The first-order valence-electron chi connectivity index (χ1n) is 16.4. The molecule has 8 aromatic carbocycles. The first-order valence-corrected chi connectivity index (χ1v) is 16.4. The number of nitrogens with zero attached hydrogens (tertiary/aromatic N) is 2. The maximum Gasteiger partial charge on any atom is 0.0619 e. The van der Waals surface area contributed by atoms with Gasteiger partial charge in [0.1, 0.15) is 0 Å². The van der Waals surface area contributed by atoms with Crippen molar-refractivity contribution in [3.8, 4) is 27.9 Å². The molecule has 2 heteroatoms. The highest BCUT2D eigenvalue weighted by Gasteiger charge is 2.17.